The van der Waals surface area contributed by atoms with Gasteiger partial charge in [-0.3, -0.25) is 9.59 Å². The summed E-state index contributed by atoms with van der Waals surface area (Å²) in [5.74, 6) is -1.14. The Hall–Kier alpha value is -1.79. The second-order valence-corrected chi connectivity index (χ2v) is 3.53. The second kappa shape index (κ2) is 8.37. The summed E-state index contributed by atoms with van der Waals surface area (Å²) in [6.07, 6.45) is 0.411. The molecule has 0 aromatic heterocycles. The van der Waals surface area contributed by atoms with Crippen molar-refractivity contribution in [3.63, 3.8) is 0 Å². The molecule has 0 unspecified atom stereocenters. The van der Waals surface area contributed by atoms with Crippen molar-refractivity contribution in [2.45, 2.75) is 19.8 Å². The molecule has 7 nitrogen and oxygen atoms in total. The lowest BCUT2D eigenvalue weighted by Crippen LogP contribution is -2.43. The number of carbonyl (C=O) groups excluding carboxylic acids is 2. The third-order valence-corrected chi connectivity index (χ3v) is 2.00. The van der Waals surface area contributed by atoms with Crippen LogP contribution in [0.5, 0.6) is 0 Å². The number of aliphatic carboxylic acids is 1. The number of hydrogen-bond acceptors (Lipinski definition) is 3. The van der Waals surface area contributed by atoms with Gasteiger partial charge in [-0.2, -0.15) is 0 Å². The first-order valence-electron chi connectivity index (χ1n) is 5.44. The predicted octanol–water partition coefficient (Wildman–Crippen LogP) is -0.371. The Balaban J connectivity index is 3.74. The normalized spacial score (nSPS) is 9.53. The van der Waals surface area contributed by atoms with E-state index in [-0.39, 0.29) is 24.9 Å². The Kier molecular flexibility index (Phi) is 7.49. The van der Waals surface area contributed by atoms with Crippen LogP contribution >= 0.6 is 0 Å². The summed E-state index contributed by atoms with van der Waals surface area (Å²) in [4.78, 5) is 34.1. The SMILES string of the molecule is CCNC(=O)CNC(=O)N(C)CCCC(=O)O. The summed E-state index contributed by atoms with van der Waals surface area (Å²) in [5, 5.41) is 13.4. The van der Waals surface area contributed by atoms with Crippen molar-refractivity contribution in [1.29, 1.82) is 0 Å². The third kappa shape index (κ3) is 8.06. The lowest BCUT2D eigenvalue weighted by atomic mass is 10.3. The summed E-state index contributed by atoms with van der Waals surface area (Å²) in [6, 6.07) is -0.387. The molecule has 7 heteroatoms. The van der Waals surface area contributed by atoms with Crippen LogP contribution in [0.3, 0.4) is 0 Å². The maximum atomic E-state index is 11.4. The largest absolute Gasteiger partial charge is 0.481 e. The van der Waals surface area contributed by atoms with Crippen molar-refractivity contribution in [3.05, 3.63) is 0 Å². The summed E-state index contributed by atoms with van der Waals surface area (Å²) in [5.41, 5.74) is 0. The summed E-state index contributed by atoms with van der Waals surface area (Å²) < 4.78 is 0. The van der Waals surface area contributed by atoms with E-state index >= 15 is 0 Å². The zero-order valence-electron chi connectivity index (χ0n) is 10.2. The molecule has 0 aliphatic rings. The van der Waals surface area contributed by atoms with Gasteiger partial charge in [-0.15, -0.1) is 0 Å². The van der Waals surface area contributed by atoms with Crippen LogP contribution in [0.15, 0.2) is 0 Å². The van der Waals surface area contributed by atoms with E-state index in [1.807, 2.05) is 0 Å². The highest BCUT2D eigenvalue weighted by atomic mass is 16.4. The van der Waals surface area contributed by atoms with Crippen LogP contribution < -0.4 is 10.6 Å². The fourth-order valence-electron chi connectivity index (χ4n) is 1.12. The van der Waals surface area contributed by atoms with Crippen molar-refractivity contribution in [1.82, 2.24) is 15.5 Å². The molecule has 0 radical (unpaired) electrons. The van der Waals surface area contributed by atoms with Gasteiger partial charge in [0.2, 0.25) is 5.91 Å². The topological polar surface area (TPSA) is 98.7 Å². The van der Waals surface area contributed by atoms with Crippen molar-refractivity contribution >= 4 is 17.9 Å². The summed E-state index contributed by atoms with van der Waals surface area (Å²) >= 11 is 0. The molecule has 0 spiro atoms. The lowest BCUT2D eigenvalue weighted by Gasteiger charge is -2.17. The van der Waals surface area contributed by atoms with Gasteiger partial charge in [0.25, 0.3) is 0 Å². The van der Waals surface area contributed by atoms with Gasteiger partial charge < -0.3 is 20.6 Å². The van der Waals surface area contributed by atoms with Crippen molar-refractivity contribution in [3.8, 4) is 0 Å². The maximum Gasteiger partial charge on any atom is 0.317 e. The molecule has 0 atom stereocenters. The molecule has 0 aromatic rings. The van der Waals surface area contributed by atoms with E-state index in [0.717, 1.165) is 0 Å². The average Bonchev–Trinajstić information content (AvgIpc) is 2.25. The number of nitrogens with zero attached hydrogens (tertiary/aromatic N) is 1. The van der Waals surface area contributed by atoms with Crippen molar-refractivity contribution in [2.75, 3.05) is 26.7 Å². The minimum absolute atomic E-state index is 0.0218. The van der Waals surface area contributed by atoms with Gasteiger partial charge >= 0.3 is 12.0 Å². The van der Waals surface area contributed by atoms with Gasteiger partial charge in [0.1, 0.15) is 0 Å². The highest BCUT2D eigenvalue weighted by Gasteiger charge is 2.09. The Morgan fingerprint density at radius 3 is 2.41 bits per heavy atom. The van der Waals surface area contributed by atoms with E-state index in [1.165, 1.54) is 4.90 Å². The van der Waals surface area contributed by atoms with E-state index in [4.69, 9.17) is 5.11 Å². The molecule has 0 bridgehead atoms. The van der Waals surface area contributed by atoms with Crippen LogP contribution in [-0.2, 0) is 9.59 Å². The van der Waals surface area contributed by atoms with Gasteiger partial charge in [-0.05, 0) is 13.3 Å². The number of hydrogen-bond donors (Lipinski definition) is 3. The van der Waals surface area contributed by atoms with Gasteiger partial charge in [-0.25, -0.2) is 4.79 Å². The molecule has 0 heterocycles. The highest BCUT2D eigenvalue weighted by Crippen LogP contribution is 1.93. The molecule has 0 fully saturated rings. The monoisotopic (exact) mass is 245 g/mol. The minimum Gasteiger partial charge on any atom is -0.481 e. The summed E-state index contributed by atoms with van der Waals surface area (Å²) in [7, 11) is 1.55. The van der Waals surface area contributed by atoms with Crippen LogP contribution in [0.2, 0.25) is 0 Å². The average molecular weight is 245 g/mol. The molecule has 0 aliphatic carbocycles. The van der Waals surface area contributed by atoms with E-state index in [9.17, 15) is 14.4 Å². The van der Waals surface area contributed by atoms with Crippen LogP contribution in [0.25, 0.3) is 0 Å². The number of carbonyl (C=O) groups is 3. The summed E-state index contributed by atoms with van der Waals surface area (Å²) in [6.45, 7) is 2.57. The molecule has 0 aliphatic heterocycles. The molecular weight excluding hydrogens is 226 g/mol. The van der Waals surface area contributed by atoms with Crippen LogP contribution in [-0.4, -0.2) is 54.6 Å². The van der Waals surface area contributed by atoms with Crippen LogP contribution in [0.1, 0.15) is 19.8 Å². The Labute approximate surface area is 100 Å². The van der Waals surface area contributed by atoms with Crippen LogP contribution in [0.4, 0.5) is 4.79 Å². The molecule has 3 N–H and O–H groups in total. The molecule has 0 rings (SSSR count). The Morgan fingerprint density at radius 2 is 1.88 bits per heavy atom. The number of urea groups is 1. The quantitative estimate of drug-likeness (QED) is 0.570. The Bertz CT molecular complexity index is 281. The molecule has 3 amide bonds. The highest BCUT2D eigenvalue weighted by molar-refractivity contribution is 5.83. The fourth-order valence-corrected chi connectivity index (χ4v) is 1.12. The van der Waals surface area contributed by atoms with E-state index in [1.54, 1.807) is 14.0 Å². The maximum absolute atomic E-state index is 11.4. The van der Waals surface area contributed by atoms with E-state index in [0.29, 0.717) is 19.5 Å². The first kappa shape index (κ1) is 15.2. The first-order chi connectivity index (χ1) is 7.97. The molecule has 0 saturated carbocycles. The van der Waals surface area contributed by atoms with Crippen LogP contribution in [0, 0.1) is 0 Å². The zero-order valence-corrected chi connectivity index (χ0v) is 10.2. The first-order valence-corrected chi connectivity index (χ1v) is 5.44. The molecule has 17 heavy (non-hydrogen) atoms. The number of nitrogens with one attached hydrogen (secondary N) is 2. The van der Waals surface area contributed by atoms with E-state index in [2.05, 4.69) is 10.6 Å². The van der Waals surface area contributed by atoms with Gasteiger partial charge in [0.05, 0.1) is 6.54 Å². The van der Waals surface area contributed by atoms with Crippen molar-refractivity contribution in [2.24, 2.45) is 0 Å². The van der Waals surface area contributed by atoms with Gasteiger partial charge in [0, 0.05) is 26.6 Å². The predicted molar refractivity (Wildman–Crippen MR) is 61.6 cm³/mol. The van der Waals surface area contributed by atoms with Gasteiger partial charge in [0.15, 0.2) is 0 Å². The Morgan fingerprint density at radius 1 is 1.24 bits per heavy atom. The molecular formula is C10H19N3O4. The zero-order chi connectivity index (χ0) is 13.3. The molecule has 0 saturated heterocycles. The van der Waals surface area contributed by atoms with Crippen molar-refractivity contribution < 1.29 is 19.5 Å². The minimum atomic E-state index is -0.888. The van der Waals surface area contributed by atoms with E-state index < -0.39 is 5.97 Å². The van der Waals surface area contributed by atoms with Gasteiger partial charge in [-0.1, -0.05) is 0 Å². The number of likely N-dealkylation sites (N-methyl/N-ethyl adjacent to an activating group) is 1. The number of carboxylic acids is 1. The standard InChI is InChI=1S/C10H19N3O4/c1-3-11-8(14)7-12-10(17)13(2)6-4-5-9(15)16/h3-7H2,1-2H3,(H,11,14)(H,12,17)(H,15,16). The molecule has 98 valence electrons. The number of carboxylic acid groups (broad SMARTS) is 1. The second-order valence-electron chi connectivity index (χ2n) is 3.53. The number of rotatable bonds is 7. The number of amides is 3. The molecule has 0 aromatic carbocycles. The smallest absolute Gasteiger partial charge is 0.317 e. The fraction of sp³-hybridized carbons (Fsp3) is 0.700. The third-order valence-electron chi connectivity index (χ3n) is 2.00. The lowest BCUT2D eigenvalue weighted by molar-refractivity contribution is -0.137.